The maximum absolute atomic E-state index is 6.09. The van der Waals surface area contributed by atoms with E-state index in [1.807, 2.05) is 30.5 Å². The van der Waals surface area contributed by atoms with Crippen LogP contribution in [-0.4, -0.2) is 29.5 Å². The van der Waals surface area contributed by atoms with E-state index in [-0.39, 0.29) is 0 Å². The van der Waals surface area contributed by atoms with E-state index in [1.54, 1.807) is 0 Å². The van der Waals surface area contributed by atoms with Crippen LogP contribution in [-0.2, 0) is 0 Å². The number of hydrogen-bond donors (Lipinski definition) is 1. The number of aromatic nitrogens is 1. The minimum atomic E-state index is 0.691. The van der Waals surface area contributed by atoms with Crippen molar-refractivity contribution in [1.29, 1.82) is 0 Å². The van der Waals surface area contributed by atoms with Crippen molar-refractivity contribution in [1.82, 2.24) is 9.88 Å². The van der Waals surface area contributed by atoms with Gasteiger partial charge in [-0.15, -0.1) is 0 Å². The lowest BCUT2D eigenvalue weighted by molar-refractivity contribution is 0.213. The summed E-state index contributed by atoms with van der Waals surface area (Å²) in [4.78, 5) is 7.00. The average molecular weight is 380 g/mol. The van der Waals surface area contributed by atoms with E-state index in [0.29, 0.717) is 10.9 Å². The molecule has 0 unspecified atom stereocenters. The molecule has 27 heavy (non-hydrogen) atoms. The van der Waals surface area contributed by atoms with Crippen molar-refractivity contribution in [2.24, 2.45) is 0 Å². The van der Waals surface area contributed by atoms with Crippen LogP contribution >= 0.6 is 11.6 Å². The van der Waals surface area contributed by atoms with E-state index in [9.17, 15) is 0 Å². The van der Waals surface area contributed by atoms with Gasteiger partial charge in [-0.1, -0.05) is 30.7 Å². The third kappa shape index (κ3) is 4.26. The maximum Gasteiger partial charge on any atom is 0.0737 e. The van der Waals surface area contributed by atoms with Crippen LogP contribution < -0.4 is 5.32 Å². The number of pyridine rings is 1. The second-order valence-corrected chi connectivity index (χ2v) is 7.82. The fourth-order valence-electron chi connectivity index (χ4n) is 4.03. The monoisotopic (exact) mass is 379 g/mol. The van der Waals surface area contributed by atoms with Crippen LogP contribution in [0.3, 0.4) is 0 Å². The molecule has 0 atom stereocenters. The zero-order chi connectivity index (χ0) is 18.6. The van der Waals surface area contributed by atoms with E-state index in [2.05, 4.69) is 46.4 Å². The van der Waals surface area contributed by atoms with Gasteiger partial charge in [-0.05, 0) is 86.8 Å². The molecule has 0 aliphatic carbocycles. The van der Waals surface area contributed by atoms with Crippen LogP contribution in [0.25, 0.3) is 10.9 Å². The number of fused-ring (bicyclic) bond motifs is 1. The Kier molecular flexibility index (Phi) is 5.61. The molecule has 1 aliphatic rings. The number of rotatable bonds is 5. The fourth-order valence-corrected chi connectivity index (χ4v) is 4.20. The Bertz CT molecular complexity index is 899. The zero-order valence-electron chi connectivity index (χ0n) is 15.8. The molecule has 0 saturated carbocycles. The maximum atomic E-state index is 6.09. The van der Waals surface area contributed by atoms with Crippen LogP contribution in [0.4, 0.5) is 11.4 Å². The van der Waals surface area contributed by atoms with Gasteiger partial charge < -0.3 is 10.2 Å². The number of nitrogens with one attached hydrogen (secondary N) is 1. The van der Waals surface area contributed by atoms with Crippen molar-refractivity contribution < 1.29 is 0 Å². The van der Waals surface area contributed by atoms with Crippen LogP contribution in [0.5, 0.6) is 0 Å². The molecule has 0 radical (unpaired) electrons. The highest BCUT2D eigenvalue weighted by Gasteiger charge is 2.19. The van der Waals surface area contributed by atoms with Crippen molar-refractivity contribution in [3.05, 3.63) is 65.3 Å². The van der Waals surface area contributed by atoms with Gasteiger partial charge in [0.15, 0.2) is 0 Å². The van der Waals surface area contributed by atoms with E-state index in [0.717, 1.165) is 22.3 Å². The van der Waals surface area contributed by atoms with Gasteiger partial charge in [0.25, 0.3) is 0 Å². The quantitative estimate of drug-likeness (QED) is 0.570. The van der Waals surface area contributed by atoms with Crippen molar-refractivity contribution in [2.45, 2.75) is 32.1 Å². The Balaban J connectivity index is 1.46. The standard InChI is InChI=1S/C23H26ClN3/c1-2-13-27-14-10-18(11-15-27)17-3-6-20(7-4-17)26-22-9-12-25-23-16-19(24)5-8-21(22)23/h3-9,12,16,18H,2,10-11,13-15H2,1H3,(H,25,26). The first-order valence-corrected chi connectivity index (χ1v) is 10.2. The molecular formula is C23H26ClN3. The summed E-state index contributed by atoms with van der Waals surface area (Å²) in [5.41, 5.74) is 4.52. The largest absolute Gasteiger partial charge is 0.355 e. The molecular weight excluding hydrogens is 354 g/mol. The van der Waals surface area contributed by atoms with Crippen molar-refractivity contribution >= 4 is 33.9 Å². The highest BCUT2D eigenvalue weighted by Crippen LogP contribution is 2.31. The lowest BCUT2D eigenvalue weighted by Crippen LogP contribution is -2.33. The molecule has 1 saturated heterocycles. The first-order chi connectivity index (χ1) is 13.2. The Hall–Kier alpha value is -2.10. The van der Waals surface area contributed by atoms with Crippen molar-refractivity contribution in [3.63, 3.8) is 0 Å². The molecule has 0 amide bonds. The molecule has 0 bridgehead atoms. The predicted molar refractivity (Wildman–Crippen MR) is 115 cm³/mol. The topological polar surface area (TPSA) is 28.2 Å². The number of anilines is 2. The molecule has 2 heterocycles. The summed E-state index contributed by atoms with van der Waals surface area (Å²) in [5.74, 6) is 0.691. The lowest BCUT2D eigenvalue weighted by atomic mass is 9.89. The highest BCUT2D eigenvalue weighted by atomic mass is 35.5. The van der Waals surface area contributed by atoms with E-state index < -0.39 is 0 Å². The van der Waals surface area contributed by atoms with Crippen LogP contribution in [0, 0.1) is 0 Å². The highest BCUT2D eigenvalue weighted by molar-refractivity contribution is 6.31. The number of piperidine rings is 1. The summed E-state index contributed by atoms with van der Waals surface area (Å²) in [6, 6.07) is 16.8. The van der Waals surface area contributed by atoms with Gasteiger partial charge in [-0.3, -0.25) is 4.98 Å². The molecule has 1 fully saturated rings. The van der Waals surface area contributed by atoms with Gasteiger partial charge in [-0.2, -0.15) is 0 Å². The first kappa shape index (κ1) is 18.3. The van der Waals surface area contributed by atoms with E-state index >= 15 is 0 Å². The minimum absolute atomic E-state index is 0.691. The molecule has 3 nitrogen and oxygen atoms in total. The van der Waals surface area contributed by atoms with Gasteiger partial charge in [0, 0.05) is 28.0 Å². The Morgan fingerprint density at radius 3 is 2.59 bits per heavy atom. The number of hydrogen-bond acceptors (Lipinski definition) is 3. The normalized spacial score (nSPS) is 15.9. The van der Waals surface area contributed by atoms with Crippen LogP contribution in [0.2, 0.25) is 5.02 Å². The molecule has 4 rings (SSSR count). The molecule has 3 aromatic rings. The molecule has 140 valence electrons. The summed E-state index contributed by atoms with van der Waals surface area (Å²) < 4.78 is 0. The molecule has 4 heteroatoms. The molecule has 2 aromatic carbocycles. The SMILES string of the molecule is CCCN1CCC(c2ccc(Nc3ccnc4cc(Cl)ccc34)cc2)CC1. The average Bonchev–Trinajstić information content (AvgIpc) is 2.69. The second-order valence-electron chi connectivity index (χ2n) is 7.38. The summed E-state index contributed by atoms with van der Waals surface area (Å²) in [5, 5.41) is 5.32. The lowest BCUT2D eigenvalue weighted by Gasteiger charge is -2.32. The molecule has 0 spiro atoms. The summed E-state index contributed by atoms with van der Waals surface area (Å²) in [6.45, 7) is 5.95. The Labute approximate surface area is 166 Å². The molecule has 1 N–H and O–H groups in total. The van der Waals surface area contributed by atoms with Gasteiger partial charge >= 0.3 is 0 Å². The minimum Gasteiger partial charge on any atom is -0.355 e. The summed E-state index contributed by atoms with van der Waals surface area (Å²) in [6.07, 6.45) is 5.60. The first-order valence-electron chi connectivity index (χ1n) is 9.86. The Morgan fingerprint density at radius 2 is 1.85 bits per heavy atom. The van der Waals surface area contributed by atoms with E-state index in [4.69, 9.17) is 11.6 Å². The van der Waals surface area contributed by atoms with E-state index in [1.165, 1.54) is 44.5 Å². The number of likely N-dealkylation sites (tertiary alicyclic amines) is 1. The summed E-state index contributed by atoms with van der Waals surface area (Å²) in [7, 11) is 0. The van der Waals surface area contributed by atoms with Gasteiger partial charge in [0.05, 0.1) is 5.52 Å². The van der Waals surface area contributed by atoms with Crippen molar-refractivity contribution in [2.75, 3.05) is 25.0 Å². The van der Waals surface area contributed by atoms with Gasteiger partial charge in [0.2, 0.25) is 0 Å². The number of nitrogens with zero attached hydrogens (tertiary/aromatic N) is 2. The smallest absolute Gasteiger partial charge is 0.0737 e. The van der Waals surface area contributed by atoms with Crippen LogP contribution in [0.15, 0.2) is 54.7 Å². The third-order valence-electron chi connectivity index (χ3n) is 5.49. The van der Waals surface area contributed by atoms with Gasteiger partial charge in [-0.25, -0.2) is 0 Å². The van der Waals surface area contributed by atoms with Crippen molar-refractivity contribution in [3.8, 4) is 0 Å². The van der Waals surface area contributed by atoms with Crippen LogP contribution in [0.1, 0.15) is 37.7 Å². The third-order valence-corrected chi connectivity index (χ3v) is 5.73. The fraction of sp³-hybridized carbons (Fsp3) is 0.348. The molecule has 1 aromatic heterocycles. The summed E-state index contributed by atoms with van der Waals surface area (Å²) >= 11 is 6.09. The number of benzene rings is 2. The second kappa shape index (κ2) is 8.28. The number of halogens is 1. The predicted octanol–water partition coefficient (Wildman–Crippen LogP) is 6.22. The Morgan fingerprint density at radius 1 is 1.07 bits per heavy atom. The zero-order valence-corrected chi connectivity index (χ0v) is 16.5. The van der Waals surface area contributed by atoms with Gasteiger partial charge in [0.1, 0.15) is 0 Å². The molecule has 1 aliphatic heterocycles.